The van der Waals surface area contributed by atoms with Crippen LogP contribution in [-0.4, -0.2) is 42.4 Å². The smallest absolute Gasteiger partial charge is 0.303 e. The number of nitrogens with two attached hydrogens (primary N) is 1. The third-order valence-electron chi connectivity index (χ3n) is 5.42. The second-order valence-electron chi connectivity index (χ2n) is 7.37. The van der Waals surface area contributed by atoms with Gasteiger partial charge < -0.3 is 15.4 Å². The Labute approximate surface area is 170 Å². The first kappa shape index (κ1) is 20.6. The predicted molar refractivity (Wildman–Crippen MR) is 110 cm³/mol. The summed E-state index contributed by atoms with van der Waals surface area (Å²) in [6.07, 6.45) is 1.35. The second-order valence-corrected chi connectivity index (χ2v) is 7.37. The Morgan fingerprint density at radius 2 is 1.69 bits per heavy atom. The molecule has 0 saturated carbocycles. The van der Waals surface area contributed by atoms with Crippen molar-refractivity contribution in [2.45, 2.75) is 25.7 Å². The molecule has 1 heterocycles. The zero-order valence-electron chi connectivity index (χ0n) is 16.5. The van der Waals surface area contributed by atoms with Crippen LogP contribution in [0.2, 0.25) is 0 Å². The number of piperidine rings is 1. The molecule has 3 rings (SSSR count). The fourth-order valence-corrected chi connectivity index (χ4v) is 3.95. The molecule has 2 amide bonds. The fourth-order valence-electron chi connectivity index (χ4n) is 3.95. The number of hydrogen-bond donors (Lipinski definition) is 1. The highest BCUT2D eigenvalue weighted by Gasteiger charge is 2.33. The van der Waals surface area contributed by atoms with E-state index in [4.69, 9.17) is 10.5 Å². The summed E-state index contributed by atoms with van der Waals surface area (Å²) in [5.74, 6) is -1.36. The molecule has 6 nitrogen and oxygen atoms in total. The van der Waals surface area contributed by atoms with Gasteiger partial charge in [-0.15, -0.1) is 0 Å². The normalized spacial score (nSPS) is 15.6. The van der Waals surface area contributed by atoms with Gasteiger partial charge in [0.25, 0.3) is 5.91 Å². The molecule has 0 aliphatic carbocycles. The first-order valence-corrected chi connectivity index (χ1v) is 9.81. The number of likely N-dealkylation sites (tertiary alicyclic amines) is 1. The van der Waals surface area contributed by atoms with Crippen molar-refractivity contribution < 1.29 is 19.1 Å². The van der Waals surface area contributed by atoms with Gasteiger partial charge in [0.15, 0.2) is 6.61 Å². The van der Waals surface area contributed by atoms with Crippen molar-refractivity contribution in [2.24, 2.45) is 11.7 Å². The van der Waals surface area contributed by atoms with E-state index in [9.17, 15) is 14.4 Å². The van der Waals surface area contributed by atoms with Crippen LogP contribution in [0.3, 0.4) is 0 Å². The van der Waals surface area contributed by atoms with E-state index in [1.54, 1.807) is 4.90 Å². The first-order chi connectivity index (χ1) is 14.0. The minimum atomic E-state index is -0.472. The lowest BCUT2D eigenvalue weighted by Gasteiger charge is -2.35. The maximum Gasteiger partial charge on any atom is 0.303 e. The van der Waals surface area contributed by atoms with Crippen LogP contribution in [0, 0.1) is 5.92 Å². The lowest BCUT2D eigenvalue weighted by atomic mass is 9.79. The zero-order valence-corrected chi connectivity index (χ0v) is 16.5. The maximum atomic E-state index is 12.3. The molecule has 2 N–H and O–H groups in total. The van der Waals surface area contributed by atoms with E-state index >= 15 is 0 Å². The standard InChI is InChI=1S/C23H26N2O4/c1-16(26)29-15-21(27)25-12-10-18(11-13-25)22(23(24)28)20-9-5-8-19(14-20)17-6-3-2-4-7-17/h2-9,14,18,22H,10-13,15H2,1H3,(H2,24,28). The molecule has 2 aromatic carbocycles. The number of rotatable bonds is 6. The molecule has 1 atom stereocenters. The quantitative estimate of drug-likeness (QED) is 0.763. The number of benzene rings is 2. The van der Waals surface area contributed by atoms with Gasteiger partial charge in [-0.3, -0.25) is 14.4 Å². The van der Waals surface area contributed by atoms with Gasteiger partial charge in [0.2, 0.25) is 5.91 Å². The van der Waals surface area contributed by atoms with Crippen LogP contribution in [0.15, 0.2) is 54.6 Å². The molecule has 1 saturated heterocycles. The van der Waals surface area contributed by atoms with Crippen LogP contribution in [-0.2, 0) is 19.1 Å². The molecule has 1 aliphatic rings. The van der Waals surface area contributed by atoms with Gasteiger partial charge in [0.05, 0.1) is 5.92 Å². The lowest BCUT2D eigenvalue weighted by Crippen LogP contribution is -2.43. The highest BCUT2D eigenvalue weighted by atomic mass is 16.5. The molecule has 1 aliphatic heterocycles. The van der Waals surface area contributed by atoms with Crippen molar-refractivity contribution in [2.75, 3.05) is 19.7 Å². The molecule has 1 unspecified atom stereocenters. The van der Waals surface area contributed by atoms with E-state index in [1.807, 2.05) is 54.6 Å². The second kappa shape index (κ2) is 9.37. The zero-order chi connectivity index (χ0) is 20.8. The summed E-state index contributed by atoms with van der Waals surface area (Å²) >= 11 is 0. The van der Waals surface area contributed by atoms with Crippen LogP contribution < -0.4 is 5.73 Å². The van der Waals surface area contributed by atoms with Gasteiger partial charge in [-0.2, -0.15) is 0 Å². The molecule has 29 heavy (non-hydrogen) atoms. The van der Waals surface area contributed by atoms with E-state index in [1.165, 1.54) is 6.92 Å². The number of amides is 2. The summed E-state index contributed by atoms with van der Waals surface area (Å²) in [6.45, 7) is 2.08. The SMILES string of the molecule is CC(=O)OCC(=O)N1CCC(C(C(N)=O)c2cccc(-c3ccccc3)c2)CC1. The maximum absolute atomic E-state index is 12.3. The Bertz CT molecular complexity index is 873. The summed E-state index contributed by atoms with van der Waals surface area (Å²) in [4.78, 5) is 37.0. The Kier molecular flexibility index (Phi) is 6.65. The van der Waals surface area contributed by atoms with Gasteiger partial charge in [-0.25, -0.2) is 0 Å². The van der Waals surface area contributed by atoms with Crippen molar-refractivity contribution in [3.63, 3.8) is 0 Å². The largest absolute Gasteiger partial charge is 0.456 e. The average Bonchev–Trinajstić information content (AvgIpc) is 2.73. The molecule has 0 bridgehead atoms. The topological polar surface area (TPSA) is 89.7 Å². The van der Waals surface area contributed by atoms with E-state index < -0.39 is 11.9 Å². The third-order valence-corrected chi connectivity index (χ3v) is 5.42. The van der Waals surface area contributed by atoms with E-state index in [0.29, 0.717) is 25.9 Å². The van der Waals surface area contributed by atoms with Gasteiger partial charge in [-0.1, -0.05) is 54.6 Å². The van der Waals surface area contributed by atoms with Crippen LogP contribution in [0.4, 0.5) is 0 Å². The molecule has 2 aromatic rings. The summed E-state index contributed by atoms with van der Waals surface area (Å²) in [5.41, 5.74) is 8.82. The van der Waals surface area contributed by atoms with Gasteiger partial charge in [-0.05, 0) is 35.4 Å². The number of carbonyl (C=O) groups excluding carboxylic acids is 3. The highest BCUT2D eigenvalue weighted by Crippen LogP contribution is 2.34. The number of esters is 1. The Morgan fingerprint density at radius 1 is 1.03 bits per heavy atom. The van der Waals surface area contributed by atoms with Crippen LogP contribution in [0.25, 0.3) is 11.1 Å². The minimum Gasteiger partial charge on any atom is -0.456 e. The summed E-state index contributed by atoms with van der Waals surface area (Å²) in [7, 11) is 0. The molecule has 0 spiro atoms. The number of primary amides is 1. The number of carbonyl (C=O) groups is 3. The molecule has 152 valence electrons. The van der Waals surface area contributed by atoms with Crippen molar-refractivity contribution in [3.8, 4) is 11.1 Å². The highest BCUT2D eigenvalue weighted by molar-refractivity contribution is 5.83. The summed E-state index contributed by atoms with van der Waals surface area (Å²) in [5, 5.41) is 0. The molecule has 6 heteroatoms. The Hall–Kier alpha value is -3.15. The average molecular weight is 394 g/mol. The molecule has 0 aromatic heterocycles. The van der Waals surface area contributed by atoms with Crippen molar-refractivity contribution in [3.05, 3.63) is 60.2 Å². The summed E-state index contributed by atoms with van der Waals surface area (Å²) in [6, 6.07) is 17.9. The van der Waals surface area contributed by atoms with Gasteiger partial charge in [0.1, 0.15) is 0 Å². The van der Waals surface area contributed by atoms with Crippen molar-refractivity contribution in [1.29, 1.82) is 0 Å². The number of ether oxygens (including phenoxy) is 1. The third kappa shape index (κ3) is 5.22. The van der Waals surface area contributed by atoms with Gasteiger partial charge >= 0.3 is 5.97 Å². The monoisotopic (exact) mass is 394 g/mol. The van der Waals surface area contributed by atoms with Crippen LogP contribution in [0.5, 0.6) is 0 Å². The lowest BCUT2D eigenvalue weighted by molar-refractivity contribution is -0.151. The van der Waals surface area contributed by atoms with Gasteiger partial charge in [0, 0.05) is 20.0 Å². The van der Waals surface area contributed by atoms with Crippen molar-refractivity contribution >= 4 is 17.8 Å². The minimum absolute atomic E-state index is 0.0660. The van der Waals surface area contributed by atoms with Crippen molar-refractivity contribution in [1.82, 2.24) is 4.90 Å². The number of nitrogens with zero attached hydrogens (tertiary/aromatic N) is 1. The van der Waals surface area contributed by atoms with E-state index in [0.717, 1.165) is 16.7 Å². The van der Waals surface area contributed by atoms with E-state index in [-0.39, 0.29) is 24.3 Å². The summed E-state index contributed by atoms with van der Waals surface area (Å²) < 4.78 is 4.79. The molecule has 0 radical (unpaired) electrons. The fraction of sp³-hybridized carbons (Fsp3) is 0.348. The molecular weight excluding hydrogens is 368 g/mol. The molecule has 1 fully saturated rings. The van der Waals surface area contributed by atoms with Crippen LogP contribution in [0.1, 0.15) is 31.2 Å². The van der Waals surface area contributed by atoms with Crippen LogP contribution >= 0.6 is 0 Å². The first-order valence-electron chi connectivity index (χ1n) is 9.81. The predicted octanol–water partition coefficient (Wildman–Crippen LogP) is 2.72. The molecular formula is C23H26N2O4. The number of hydrogen-bond acceptors (Lipinski definition) is 4. The Morgan fingerprint density at radius 3 is 2.31 bits per heavy atom. The van der Waals surface area contributed by atoms with E-state index in [2.05, 4.69) is 0 Å². The Balaban J connectivity index is 1.71.